The number of carbonyl (C=O) groups excluding carboxylic acids is 2. The first kappa shape index (κ1) is 16.0. The predicted octanol–water partition coefficient (Wildman–Crippen LogP) is 2.86. The number of fused-ring (bicyclic) bond motifs is 1. The summed E-state index contributed by atoms with van der Waals surface area (Å²) in [4.78, 5) is 26.6. The summed E-state index contributed by atoms with van der Waals surface area (Å²) < 4.78 is 1.55. The minimum atomic E-state index is -0.151. The van der Waals surface area contributed by atoms with Crippen molar-refractivity contribution in [3.8, 4) is 0 Å². The van der Waals surface area contributed by atoms with Crippen LogP contribution in [0.2, 0.25) is 0 Å². The Labute approximate surface area is 140 Å². The van der Waals surface area contributed by atoms with Gasteiger partial charge >= 0.3 is 6.03 Å². The van der Waals surface area contributed by atoms with Crippen LogP contribution >= 0.6 is 0 Å². The third-order valence-corrected chi connectivity index (χ3v) is 4.02. The standard InChI is InChI=1S/C19H19N3O2/c1-21(2)19(24)22-11-10-15-16(4-3-5-17(15)22)18(23)14-8-6-13(12-20)7-9-14/h3-11H,12,20H2,1-2H3. The molecule has 2 aromatic carbocycles. The van der Waals surface area contributed by atoms with Crippen LogP contribution in [-0.2, 0) is 6.54 Å². The molecule has 0 aliphatic carbocycles. The number of amides is 1. The molecule has 3 aromatic rings. The third kappa shape index (κ3) is 2.70. The van der Waals surface area contributed by atoms with E-state index >= 15 is 0 Å². The van der Waals surface area contributed by atoms with Crippen LogP contribution in [-0.4, -0.2) is 35.4 Å². The molecule has 0 fully saturated rings. The summed E-state index contributed by atoms with van der Waals surface area (Å²) in [5.41, 5.74) is 8.48. The molecular formula is C19H19N3O2. The minimum absolute atomic E-state index is 0.0702. The van der Waals surface area contributed by atoms with E-state index in [1.165, 1.54) is 4.90 Å². The van der Waals surface area contributed by atoms with Crippen molar-refractivity contribution in [1.29, 1.82) is 0 Å². The highest BCUT2D eigenvalue weighted by atomic mass is 16.2. The number of carbonyl (C=O) groups is 2. The number of nitrogens with two attached hydrogens (primary N) is 1. The van der Waals surface area contributed by atoms with Crippen LogP contribution in [0.15, 0.2) is 54.7 Å². The van der Waals surface area contributed by atoms with Crippen LogP contribution in [0.5, 0.6) is 0 Å². The number of aromatic nitrogens is 1. The first-order valence-electron chi connectivity index (χ1n) is 7.68. The maximum atomic E-state index is 12.8. The van der Waals surface area contributed by atoms with Gasteiger partial charge in [-0.05, 0) is 17.7 Å². The Morgan fingerprint density at radius 2 is 1.75 bits per heavy atom. The van der Waals surface area contributed by atoms with Crippen molar-refractivity contribution >= 4 is 22.7 Å². The SMILES string of the molecule is CN(C)C(=O)n1ccc2c(C(=O)c3ccc(CN)cc3)cccc21. The maximum absolute atomic E-state index is 12.8. The maximum Gasteiger partial charge on any atom is 0.328 e. The van der Waals surface area contributed by atoms with Crippen molar-refractivity contribution < 1.29 is 9.59 Å². The lowest BCUT2D eigenvalue weighted by molar-refractivity contribution is 0.104. The number of hydrogen-bond donors (Lipinski definition) is 1. The normalized spacial score (nSPS) is 10.8. The van der Waals surface area contributed by atoms with Crippen LogP contribution in [0, 0.1) is 0 Å². The van der Waals surface area contributed by atoms with Crippen LogP contribution < -0.4 is 5.73 Å². The fourth-order valence-corrected chi connectivity index (χ4v) is 2.70. The van der Waals surface area contributed by atoms with Gasteiger partial charge in [0.05, 0.1) is 5.52 Å². The second kappa shape index (κ2) is 6.29. The van der Waals surface area contributed by atoms with Gasteiger partial charge in [-0.1, -0.05) is 36.4 Å². The zero-order chi connectivity index (χ0) is 17.3. The molecule has 1 heterocycles. The monoisotopic (exact) mass is 321 g/mol. The van der Waals surface area contributed by atoms with Crippen molar-refractivity contribution in [3.63, 3.8) is 0 Å². The number of benzene rings is 2. The molecule has 5 heteroatoms. The Bertz CT molecular complexity index is 908. The van der Waals surface area contributed by atoms with Gasteiger partial charge in [0.2, 0.25) is 0 Å². The minimum Gasteiger partial charge on any atom is -0.330 e. The van der Waals surface area contributed by atoms with Gasteiger partial charge in [-0.2, -0.15) is 0 Å². The largest absolute Gasteiger partial charge is 0.330 e. The number of ketones is 1. The van der Waals surface area contributed by atoms with E-state index in [0.717, 1.165) is 16.5 Å². The first-order valence-corrected chi connectivity index (χ1v) is 7.68. The van der Waals surface area contributed by atoms with Gasteiger partial charge in [0.25, 0.3) is 0 Å². The molecule has 1 aromatic heterocycles. The van der Waals surface area contributed by atoms with Crippen LogP contribution in [0.4, 0.5) is 4.79 Å². The van der Waals surface area contributed by atoms with E-state index < -0.39 is 0 Å². The molecule has 0 atom stereocenters. The molecule has 0 saturated carbocycles. The predicted molar refractivity (Wildman–Crippen MR) is 94.2 cm³/mol. The van der Waals surface area contributed by atoms with E-state index in [1.807, 2.05) is 18.2 Å². The Morgan fingerprint density at radius 3 is 2.38 bits per heavy atom. The molecule has 1 amide bonds. The Kier molecular flexibility index (Phi) is 4.18. The van der Waals surface area contributed by atoms with Gasteiger partial charge in [-0.3, -0.25) is 9.36 Å². The highest BCUT2D eigenvalue weighted by Crippen LogP contribution is 2.23. The molecule has 0 saturated heterocycles. The van der Waals surface area contributed by atoms with Gasteiger partial charge in [-0.25, -0.2) is 4.79 Å². The molecule has 24 heavy (non-hydrogen) atoms. The summed E-state index contributed by atoms with van der Waals surface area (Å²) in [6, 6.07) is 14.3. The molecule has 2 N–H and O–H groups in total. The van der Waals surface area contributed by atoms with E-state index in [4.69, 9.17) is 5.73 Å². The van der Waals surface area contributed by atoms with E-state index in [2.05, 4.69) is 0 Å². The van der Waals surface area contributed by atoms with Crippen LogP contribution in [0.1, 0.15) is 21.5 Å². The molecule has 3 rings (SSSR count). The van der Waals surface area contributed by atoms with Crippen molar-refractivity contribution in [1.82, 2.24) is 9.47 Å². The molecular weight excluding hydrogens is 302 g/mol. The third-order valence-electron chi connectivity index (χ3n) is 4.02. The average Bonchev–Trinajstić information content (AvgIpc) is 3.04. The molecule has 0 unspecified atom stereocenters. The van der Waals surface area contributed by atoms with E-state index in [9.17, 15) is 9.59 Å². The zero-order valence-electron chi connectivity index (χ0n) is 13.7. The Hall–Kier alpha value is -2.92. The summed E-state index contributed by atoms with van der Waals surface area (Å²) >= 11 is 0. The van der Waals surface area contributed by atoms with Crippen LogP contribution in [0.3, 0.4) is 0 Å². The number of rotatable bonds is 3. The molecule has 122 valence electrons. The first-order chi connectivity index (χ1) is 11.5. The van der Waals surface area contributed by atoms with Gasteiger partial charge in [0.15, 0.2) is 5.78 Å². The fraction of sp³-hybridized carbons (Fsp3) is 0.158. The van der Waals surface area contributed by atoms with Gasteiger partial charge in [0.1, 0.15) is 0 Å². The highest BCUT2D eigenvalue weighted by molar-refractivity contribution is 6.16. The van der Waals surface area contributed by atoms with Crippen molar-refractivity contribution in [2.45, 2.75) is 6.54 Å². The Balaban J connectivity index is 2.06. The summed E-state index contributed by atoms with van der Waals surface area (Å²) in [7, 11) is 3.39. The van der Waals surface area contributed by atoms with Gasteiger partial charge in [0, 0.05) is 43.4 Å². The topological polar surface area (TPSA) is 68.3 Å². The van der Waals surface area contributed by atoms with E-state index in [0.29, 0.717) is 17.7 Å². The highest BCUT2D eigenvalue weighted by Gasteiger charge is 2.17. The molecule has 0 aliphatic rings. The van der Waals surface area contributed by atoms with E-state index in [-0.39, 0.29) is 11.8 Å². The summed E-state index contributed by atoms with van der Waals surface area (Å²) in [6.07, 6.45) is 1.70. The lowest BCUT2D eigenvalue weighted by Gasteiger charge is -2.12. The number of hydrogen-bond acceptors (Lipinski definition) is 3. The Morgan fingerprint density at radius 1 is 1.04 bits per heavy atom. The van der Waals surface area contributed by atoms with Gasteiger partial charge < -0.3 is 10.6 Å². The molecule has 5 nitrogen and oxygen atoms in total. The second-order valence-electron chi connectivity index (χ2n) is 5.83. The summed E-state index contributed by atoms with van der Waals surface area (Å²) in [5, 5.41) is 0.764. The van der Waals surface area contributed by atoms with Crippen molar-refractivity contribution in [3.05, 3.63) is 71.4 Å². The molecule has 0 bridgehead atoms. The lowest BCUT2D eigenvalue weighted by Crippen LogP contribution is -2.26. The molecule has 0 spiro atoms. The smallest absolute Gasteiger partial charge is 0.328 e. The molecule has 0 aliphatic heterocycles. The summed E-state index contributed by atoms with van der Waals surface area (Å²) in [6.45, 7) is 0.444. The fourth-order valence-electron chi connectivity index (χ4n) is 2.70. The zero-order valence-corrected chi connectivity index (χ0v) is 13.7. The second-order valence-corrected chi connectivity index (χ2v) is 5.83. The number of nitrogens with zero attached hydrogens (tertiary/aromatic N) is 2. The van der Waals surface area contributed by atoms with Gasteiger partial charge in [-0.15, -0.1) is 0 Å². The summed E-state index contributed by atoms with van der Waals surface area (Å²) in [5.74, 6) is -0.0702. The van der Waals surface area contributed by atoms with Crippen molar-refractivity contribution in [2.75, 3.05) is 14.1 Å². The lowest BCUT2D eigenvalue weighted by atomic mass is 9.99. The quantitative estimate of drug-likeness (QED) is 0.754. The van der Waals surface area contributed by atoms with Crippen molar-refractivity contribution in [2.24, 2.45) is 5.73 Å². The van der Waals surface area contributed by atoms with E-state index in [1.54, 1.807) is 55.2 Å². The molecule has 0 radical (unpaired) electrons. The average molecular weight is 321 g/mol. The van der Waals surface area contributed by atoms with Crippen LogP contribution in [0.25, 0.3) is 10.9 Å².